The van der Waals surface area contributed by atoms with Crippen LogP contribution in [0.15, 0.2) is 12.1 Å². The van der Waals surface area contributed by atoms with Gasteiger partial charge in [0.1, 0.15) is 11.5 Å². The molecule has 0 aliphatic rings. The number of ketones is 1. The summed E-state index contributed by atoms with van der Waals surface area (Å²) in [7, 11) is 1.68. The number of hydrogen-bond acceptors (Lipinski definition) is 2. The predicted octanol–water partition coefficient (Wildman–Crippen LogP) is 4.03. The van der Waals surface area contributed by atoms with Crippen molar-refractivity contribution in [2.24, 2.45) is 5.92 Å². The van der Waals surface area contributed by atoms with Gasteiger partial charge in [0.05, 0.1) is 7.11 Å². The Labute approximate surface area is 110 Å². The molecule has 0 aromatic heterocycles. The summed E-state index contributed by atoms with van der Waals surface area (Å²) < 4.78 is 5.32. The Bertz CT molecular complexity index is 433. The summed E-state index contributed by atoms with van der Waals surface area (Å²) >= 11 is 0. The molecule has 2 heteroatoms. The molecule has 0 heterocycles. The molecule has 1 aromatic rings. The van der Waals surface area contributed by atoms with Gasteiger partial charge in [-0.15, -0.1) is 0 Å². The smallest absolute Gasteiger partial charge is 0.140 e. The molecule has 18 heavy (non-hydrogen) atoms. The second-order valence-electron chi connectivity index (χ2n) is 5.22. The summed E-state index contributed by atoms with van der Waals surface area (Å²) in [4.78, 5) is 12.1. The Morgan fingerprint density at radius 3 is 2.28 bits per heavy atom. The Morgan fingerprint density at radius 2 is 1.83 bits per heavy atom. The number of carbonyl (C=O) groups is 1. The van der Waals surface area contributed by atoms with Gasteiger partial charge in [0.25, 0.3) is 0 Å². The molecule has 0 spiro atoms. The van der Waals surface area contributed by atoms with Crippen LogP contribution in [0.2, 0.25) is 0 Å². The molecule has 0 fully saturated rings. The lowest BCUT2D eigenvalue weighted by molar-refractivity contribution is -0.121. The average molecular weight is 248 g/mol. The van der Waals surface area contributed by atoms with Gasteiger partial charge in [-0.25, -0.2) is 0 Å². The van der Waals surface area contributed by atoms with Crippen molar-refractivity contribution in [1.82, 2.24) is 0 Å². The summed E-state index contributed by atoms with van der Waals surface area (Å²) in [5, 5.41) is 0. The zero-order chi connectivity index (χ0) is 13.9. The molecule has 2 nitrogen and oxygen atoms in total. The maximum atomic E-state index is 12.1. The molecule has 0 saturated carbocycles. The fraction of sp³-hybridized carbons (Fsp3) is 0.562. The molecule has 0 aliphatic carbocycles. The van der Waals surface area contributed by atoms with Gasteiger partial charge in [-0.05, 0) is 42.5 Å². The third-order valence-corrected chi connectivity index (χ3v) is 3.48. The monoisotopic (exact) mass is 248 g/mol. The molecule has 0 amide bonds. The summed E-state index contributed by atoms with van der Waals surface area (Å²) in [5.74, 6) is 1.53. The molecule has 1 rings (SSSR count). The molecule has 1 unspecified atom stereocenters. The second-order valence-corrected chi connectivity index (χ2v) is 5.22. The SMILES string of the molecule is CCC(=O)C(c1cc(C)c(OC)cc1C)C(C)C. The summed E-state index contributed by atoms with van der Waals surface area (Å²) in [6.07, 6.45) is 0.591. The van der Waals surface area contributed by atoms with E-state index in [-0.39, 0.29) is 5.92 Å². The standard InChI is InChI=1S/C16H24O2/c1-7-14(17)16(10(2)3)13-8-12(5)15(18-6)9-11(13)4/h8-10,16H,7H2,1-6H3. The van der Waals surface area contributed by atoms with E-state index in [4.69, 9.17) is 4.74 Å². The van der Waals surface area contributed by atoms with Crippen LogP contribution in [-0.4, -0.2) is 12.9 Å². The van der Waals surface area contributed by atoms with E-state index in [1.54, 1.807) is 7.11 Å². The number of hydrogen-bond donors (Lipinski definition) is 0. The zero-order valence-electron chi connectivity index (χ0n) is 12.3. The van der Waals surface area contributed by atoms with Gasteiger partial charge in [0, 0.05) is 12.3 Å². The highest BCUT2D eigenvalue weighted by atomic mass is 16.5. The van der Waals surface area contributed by atoms with Gasteiger partial charge in [-0.1, -0.05) is 26.8 Å². The molecule has 0 radical (unpaired) electrons. The van der Waals surface area contributed by atoms with Crippen LogP contribution < -0.4 is 4.74 Å². The van der Waals surface area contributed by atoms with E-state index >= 15 is 0 Å². The van der Waals surface area contributed by atoms with Crippen molar-refractivity contribution in [1.29, 1.82) is 0 Å². The summed E-state index contributed by atoms with van der Waals surface area (Å²) in [6.45, 7) is 10.2. The number of Topliss-reactive ketones (excluding diaryl/α,β-unsaturated/α-hetero) is 1. The molecule has 1 atom stereocenters. The van der Waals surface area contributed by atoms with Gasteiger partial charge in [-0.3, -0.25) is 4.79 Å². The lowest BCUT2D eigenvalue weighted by Crippen LogP contribution is -2.18. The van der Waals surface area contributed by atoms with Crippen molar-refractivity contribution in [3.8, 4) is 5.75 Å². The van der Waals surface area contributed by atoms with Crippen LogP contribution in [0.25, 0.3) is 0 Å². The van der Waals surface area contributed by atoms with Crippen molar-refractivity contribution in [3.63, 3.8) is 0 Å². The van der Waals surface area contributed by atoms with Gasteiger partial charge in [-0.2, -0.15) is 0 Å². The Balaban J connectivity index is 3.29. The lowest BCUT2D eigenvalue weighted by Gasteiger charge is -2.23. The summed E-state index contributed by atoms with van der Waals surface area (Å²) in [5.41, 5.74) is 3.38. The molecule has 0 N–H and O–H groups in total. The van der Waals surface area contributed by atoms with Crippen LogP contribution in [-0.2, 0) is 4.79 Å². The number of benzene rings is 1. The lowest BCUT2D eigenvalue weighted by atomic mass is 9.81. The second kappa shape index (κ2) is 6.03. The normalized spacial score (nSPS) is 12.6. The van der Waals surface area contributed by atoms with E-state index in [9.17, 15) is 4.79 Å². The van der Waals surface area contributed by atoms with E-state index in [1.807, 2.05) is 19.9 Å². The minimum atomic E-state index is -0.000365. The largest absolute Gasteiger partial charge is 0.496 e. The minimum absolute atomic E-state index is 0.000365. The first kappa shape index (κ1) is 14.7. The number of methoxy groups -OCH3 is 1. The molecular formula is C16H24O2. The van der Waals surface area contributed by atoms with E-state index in [0.717, 1.165) is 22.4 Å². The maximum Gasteiger partial charge on any atom is 0.140 e. The van der Waals surface area contributed by atoms with Crippen LogP contribution >= 0.6 is 0 Å². The van der Waals surface area contributed by atoms with Crippen molar-refractivity contribution >= 4 is 5.78 Å². The highest BCUT2D eigenvalue weighted by Crippen LogP contribution is 2.33. The van der Waals surface area contributed by atoms with Gasteiger partial charge in [0.15, 0.2) is 0 Å². The molecular weight excluding hydrogens is 224 g/mol. The Morgan fingerprint density at radius 1 is 1.22 bits per heavy atom. The fourth-order valence-corrected chi connectivity index (χ4v) is 2.49. The summed E-state index contributed by atoms with van der Waals surface area (Å²) in [6, 6.07) is 4.13. The van der Waals surface area contributed by atoms with E-state index in [2.05, 4.69) is 26.8 Å². The van der Waals surface area contributed by atoms with Crippen molar-refractivity contribution in [3.05, 3.63) is 28.8 Å². The first-order valence-electron chi connectivity index (χ1n) is 6.60. The number of aryl methyl sites for hydroxylation is 2. The quantitative estimate of drug-likeness (QED) is 0.786. The van der Waals surface area contributed by atoms with Gasteiger partial charge < -0.3 is 4.74 Å². The van der Waals surface area contributed by atoms with Crippen molar-refractivity contribution < 1.29 is 9.53 Å². The van der Waals surface area contributed by atoms with Crippen LogP contribution in [0.4, 0.5) is 0 Å². The molecule has 1 aromatic carbocycles. The first-order valence-corrected chi connectivity index (χ1v) is 6.60. The van der Waals surface area contributed by atoms with Crippen LogP contribution in [0.5, 0.6) is 5.75 Å². The molecule has 0 bridgehead atoms. The highest BCUT2D eigenvalue weighted by molar-refractivity contribution is 5.86. The van der Waals surface area contributed by atoms with Crippen LogP contribution in [0.1, 0.15) is 49.8 Å². The van der Waals surface area contributed by atoms with Gasteiger partial charge in [0.2, 0.25) is 0 Å². The van der Waals surface area contributed by atoms with Crippen LogP contribution in [0, 0.1) is 19.8 Å². The molecule has 100 valence electrons. The van der Waals surface area contributed by atoms with E-state index < -0.39 is 0 Å². The van der Waals surface area contributed by atoms with Crippen molar-refractivity contribution in [2.45, 2.75) is 47.0 Å². The maximum absolute atomic E-state index is 12.1. The minimum Gasteiger partial charge on any atom is -0.496 e. The number of carbonyl (C=O) groups excluding carboxylic acids is 1. The number of rotatable bonds is 5. The third-order valence-electron chi connectivity index (χ3n) is 3.48. The van der Waals surface area contributed by atoms with Gasteiger partial charge >= 0.3 is 0 Å². The molecule has 0 aliphatic heterocycles. The first-order chi connectivity index (χ1) is 8.42. The Kier molecular flexibility index (Phi) is 4.94. The zero-order valence-corrected chi connectivity index (χ0v) is 12.3. The average Bonchev–Trinajstić information content (AvgIpc) is 2.32. The predicted molar refractivity (Wildman–Crippen MR) is 75.3 cm³/mol. The number of ether oxygens (including phenoxy) is 1. The topological polar surface area (TPSA) is 26.3 Å². The third kappa shape index (κ3) is 2.92. The highest BCUT2D eigenvalue weighted by Gasteiger charge is 2.24. The van der Waals surface area contributed by atoms with E-state index in [1.165, 1.54) is 0 Å². The van der Waals surface area contributed by atoms with Crippen molar-refractivity contribution in [2.75, 3.05) is 7.11 Å². The fourth-order valence-electron chi connectivity index (χ4n) is 2.49. The van der Waals surface area contributed by atoms with Crippen LogP contribution in [0.3, 0.4) is 0 Å². The molecule has 0 saturated heterocycles. The Hall–Kier alpha value is -1.31. The van der Waals surface area contributed by atoms with E-state index in [0.29, 0.717) is 18.1 Å².